The monoisotopic (exact) mass is 288 g/mol. The maximum Gasteiger partial charge on any atom is 0.233 e. The fraction of sp³-hybridized carbons (Fsp3) is 0.571. The van der Waals surface area contributed by atoms with Gasteiger partial charge in [-0.05, 0) is 38.8 Å². The van der Waals surface area contributed by atoms with Crippen molar-refractivity contribution in [3.63, 3.8) is 0 Å². The maximum atomic E-state index is 5.01. The Balaban J connectivity index is 1.71. The number of hydrogen-bond donors (Lipinski definition) is 1. The largest absolute Gasteiger partial charge is 0.480 e. The SMILES string of the molecule is CNC1CCC(n2cc(-c3ccc(OC)nn3)nn2)CC1. The molecule has 1 aliphatic carbocycles. The molecule has 0 aromatic carbocycles. The molecule has 1 saturated carbocycles. The van der Waals surface area contributed by atoms with E-state index in [1.165, 1.54) is 12.8 Å². The normalized spacial score (nSPS) is 22.2. The number of aromatic nitrogens is 5. The predicted octanol–water partition coefficient (Wildman–Crippen LogP) is 1.45. The zero-order valence-corrected chi connectivity index (χ0v) is 12.4. The molecule has 21 heavy (non-hydrogen) atoms. The molecule has 0 atom stereocenters. The van der Waals surface area contributed by atoms with Gasteiger partial charge in [-0.2, -0.15) is 0 Å². The molecule has 1 fully saturated rings. The summed E-state index contributed by atoms with van der Waals surface area (Å²) in [5.74, 6) is 0.497. The topological polar surface area (TPSA) is 77.8 Å². The van der Waals surface area contributed by atoms with E-state index in [0.717, 1.165) is 18.5 Å². The Kier molecular flexibility index (Phi) is 4.10. The van der Waals surface area contributed by atoms with Crippen LogP contribution in [0.1, 0.15) is 31.7 Å². The number of methoxy groups -OCH3 is 1. The van der Waals surface area contributed by atoms with Crippen molar-refractivity contribution in [3.05, 3.63) is 18.3 Å². The van der Waals surface area contributed by atoms with Crippen molar-refractivity contribution in [2.24, 2.45) is 0 Å². The van der Waals surface area contributed by atoms with Gasteiger partial charge in [0, 0.05) is 12.1 Å². The highest BCUT2D eigenvalue weighted by atomic mass is 16.5. The van der Waals surface area contributed by atoms with Crippen molar-refractivity contribution in [1.82, 2.24) is 30.5 Å². The molecule has 0 unspecified atom stereocenters. The van der Waals surface area contributed by atoms with Gasteiger partial charge in [0.2, 0.25) is 5.88 Å². The molecule has 0 bridgehead atoms. The summed E-state index contributed by atoms with van der Waals surface area (Å²) in [6.07, 6.45) is 6.57. The minimum Gasteiger partial charge on any atom is -0.480 e. The summed E-state index contributed by atoms with van der Waals surface area (Å²) in [7, 11) is 3.60. The van der Waals surface area contributed by atoms with Gasteiger partial charge >= 0.3 is 0 Å². The van der Waals surface area contributed by atoms with E-state index < -0.39 is 0 Å². The Morgan fingerprint density at radius 3 is 2.52 bits per heavy atom. The van der Waals surface area contributed by atoms with E-state index in [-0.39, 0.29) is 0 Å². The Labute approximate surface area is 123 Å². The van der Waals surface area contributed by atoms with Gasteiger partial charge in [0.25, 0.3) is 0 Å². The van der Waals surface area contributed by atoms with Crippen LogP contribution in [-0.2, 0) is 0 Å². The van der Waals surface area contributed by atoms with Crippen molar-refractivity contribution in [2.45, 2.75) is 37.8 Å². The molecule has 2 aromatic rings. The first-order valence-corrected chi connectivity index (χ1v) is 7.27. The number of rotatable bonds is 4. The van der Waals surface area contributed by atoms with E-state index in [2.05, 4.69) is 25.8 Å². The zero-order valence-electron chi connectivity index (χ0n) is 12.4. The van der Waals surface area contributed by atoms with Crippen LogP contribution in [0, 0.1) is 0 Å². The van der Waals surface area contributed by atoms with Crippen molar-refractivity contribution in [3.8, 4) is 17.3 Å². The summed E-state index contributed by atoms with van der Waals surface area (Å²) in [6, 6.07) is 4.69. The van der Waals surface area contributed by atoms with Gasteiger partial charge in [-0.25, -0.2) is 4.68 Å². The second-order valence-corrected chi connectivity index (χ2v) is 5.34. The van der Waals surface area contributed by atoms with E-state index in [0.29, 0.717) is 23.7 Å². The molecule has 112 valence electrons. The average molecular weight is 288 g/mol. The van der Waals surface area contributed by atoms with Gasteiger partial charge < -0.3 is 10.1 Å². The lowest BCUT2D eigenvalue weighted by Crippen LogP contribution is -2.31. The maximum absolute atomic E-state index is 5.01. The van der Waals surface area contributed by atoms with E-state index in [9.17, 15) is 0 Å². The third-order valence-corrected chi connectivity index (χ3v) is 4.10. The van der Waals surface area contributed by atoms with Crippen LogP contribution in [0.15, 0.2) is 18.3 Å². The first kappa shape index (κ1) is 13.9. The quantitative estimate of drug-likeness (QED) is 0.917. The summed E-state index contributed by atoms with van der Waals surface area (Å²) in [4.78, 5) is 0. The summed E-state index contributed by atoms with van der Waals surface area (Å²) in [5.41, 5.74) is 1.46. The number of nitrogens with zero attached hydrogens (tertiary/aromatic N) is 5. The highest BCUT2D eigenvalue weighted by Crippen LogP contribution is 2.28. The average Bonchev–Trinajstić information content (AvgIpc) is 3.05. The van der Waals surface area contributed by atoms with Crippen molar-refractivity contribution in [1.29, 1.82) is 0 Å². The van der Waals surface area contributed by atoms with Crippen LogP contribution in [0.25, 0.3) is 11.4 Å². The fourth-order valence-electron chi connectivity index (χ4n) is 2.77. The third kappa shape index (κ3) is 3.02. The summed E-state index contributed by atoms with van der Waals surface area (Å²) < 4.78 is 6.97. The molecule has 0 amide bonds. The Hall–Kier alpha value is -2.02. The van der Waals surface area contributed by atoms with Crippen molar-refractivity contribution >= 4 is 0 Å². The molecule has 2 aromatic heterocycles. The van der Waals surface area contributed by atoms with Crippen molar-refractivity contribution in [2.75, 3.05) is 14.2 Å². The standard InChI is InChI=1S/C14H20N6O/c1-15-10-3-5-11(6-4-10)20-9-13(17-19-20)12-7-8-14(21-2)18-16-12/h7-11,15H,3-6H2,1-2H3. The highest BCUT2D eigenvalue weighted by Gasteiger charge is 2.22. The Morgan fingerprint density at radius 1 is 1.10 bits per heavy atom. The highest BCUT2D eigenvalue weighted by molar-refractivity contribution is 5.51. The molecule has 1 N–H and O–H groups in total. The first-order valence-electron chi connectivity index (χ1n) is 7.27. The second kappa shape index (κ2) is 6.17. The summed E-state index contributed by atoms with van der Waals surface area (Å²) >= 11 is 0. The van der Waals surface area contributed by atoms with Crippen molar-refractivity contribution < 1.29 is 4.74 Å². The van der Waals surface area contributed by atoms with Crippen LogP contribution in [0.4, 0.5) is 0 Å². The van der Waals surface area contributed by atoms with Gasteiger partial charge in [-0.3, -0.25) is 0 Å². The lowest BCUT2D eigenvalue weighted by atomic mass is 9.91. The third-order valence-electron chi connectivity index (χ3n) is 4.10. The minimum atomic E-state index is 0.432. The van der Waals surface area contributed by atoms with Gasteiger partial charge in [0.05, 0.1) is 19.3 Å². The molecule has 0 radical (unpaired) electrons. The van der Waals surface area contributed by atoms with Gasteiger partial charge in [-0.1, -0.05) is 5.21 Å². The van der Waals surface area contributed by atoms with E-state index >= 15 is 0 Å². The molecule has 3 rings (SSSR count). The molecular weight excluding hydrogens is 268 g/mol. The minimum absolute atomic E-state index is 0.432. The molecule has 2 heterocycles. The zero-order chi connectivity index (χ0) is 14.7. The van der Waals surface area contributed by atoms with Crippen LogP contribution >= 0.6 is 0 Å². The smallest absolute Gasteiger partial charge is 0.233 e. The van der Waals surface area contributed by atoms with Gasteiger partial charge in [0.15, 0.2) is 0 Å². The molecular formula is C14H20N6O. The van der Waals surface area contributed by atoms with Crippen LogP contribution in [-0.4, -0.2) is 45.4 Å². The first-order chi connectivity index (χ1) is 10.3. The Bertz CT molecular complexity index is 573. The van der Waals surface area contributed by atoms with Crippen LogP contribution < -0.4 is 10.1 Å². The summed E-state index contributed by atoms with van der Waals surface area (Å²) in [6.45, 7) is 0. The number of hydrogen-bond acceptors (Lipinski definition) is 6. The van der Waals surface area contributed by atoms with Crippen LogP contribution in [0.3, 0.4) is 0 Å². The predicted molar refractivity (Wildman–Crippen MR) is 78.0 cm³/mol. The van der Waals surface area contributed by atoms with E-state index in [4.69, 9.17) is 4.74 Å². The lowest BCUT2D eigenvalue weighted by Gasteiger charge is -2.27. The van der Waals surface area contributed by atoms with Gasteiger partial charge in [-0.15, -0.1) is 15.3 Å². The van der Waals surface area contributed by atoms with E-state index in [1.807, 2.05) is 24.0 Å². The molecule has 0 saturated heterocycles. The number of ether oxygens (including phenoxy) is 1. The fourth-order valence-corrected chi connectivity index (χ4v) is 2.77. The molecule has 1 aliphatic rings. The lowest BCUT2D eigenvalue weighted by molar-refractivity contribution is 0.281. The molecule has 7 nitrogen and oxygen atoms in total. The Morgan fingerprint density at radius 2 is 1.90 bits per heavy atom. The van der Waals surface area contributed by atoms with Crippen LogP contribution in [0.5, 0.6) is 5.88 Å². The van der Waals surface area contributed by atoms with Gasteiger partial charge in [0.1, 0.15) is 11.4 Å². The molecule has 0 spiro atoms. The van der Waals surface area contributed by atoms with Crippen LogP contribution in [0.2, 0.25) is 0 Å². The molecule has 0 aliphatic heterocycles. The number of nitrogens with one attached hydrogen (secondary N) is 1. The second-order valence-electron chi connectivity index (χ2n) is 5.34. The summed E-state index contributed by atoms with van der Waals surface area (Å²) in [5, 5.41) is 19.9. The molecule has 7 heteroatoms. The van der Waals surface area contributed by atoms with E-state index in [1.54, 1.807) is 13.2 Å².